The number of nitrogens with zero attached hydrogens (tertiary/aromatic N) is 2. The molecule has 2 aromatic carbocycles. The quantitative estimate of drug-likeness (QED) is 0.716. The summed E-state index contributed by atoms with van der Waals surface area (Å²) in [4.78, 5) is 27.9. The molecule has 0 atom stereocenters. The highest BCUT2D eigenvalue weighted by atomic mass is 19.1. The van der Waals surface area contributed by atoms with Crippen molar-refractivity contribution in [1.82, 2.24) is 9.78 Å². The zero-order chi connectivity index (χ0) is 18.0. The standard InChI is InChI=1S/C18H14FN3O3/c1-11-15(10-20-16-5-3-2-4-14(16)18(24)25)17(23)22(21-11)13-8-6-12(19)7-9-13/h2-10,21H,1H3,(H,24,25). The molecule has 0 aliphatic heterocycles. The van der Waals surface area contributed by atoms with Gasteiger partial charge in [-0.15, -0.1) is 0 Å². The predicted octanol–water partition coefficient (Wildman–Crippen LogP) is 3.06. The largest absolute Gasteiger partial charge is 0.478 e. The Morgan fingerprint density at radius 1 is 1.20 bits per heavy atom. The lowest BCUT2D eigenvalue weighted by atomic mass is 10.2. The molecule has 0 amide bonds. The van der Waals surface area contributed by atoms with E-state index >= 15 is 0 Å². The first-order chi connectivity index (χ1) is 12.0. The van der Waals surface area contributed by atoms with Gasteiger partial charge >= 0.3 is 5.97 Å². The highest BCUT2D eigenvalue weighted by molar-refractivity contribution is 5.95. The number of para-hydroxylation sites is 1. The molecule has 0 fully saturated rings. The maximum atomic E-state index is 13.0. The van der Waals surface area contributed by atoms with Crippen molar-refractivity contribution < 1.29 is 14.3 Å². The van der Waals surface area contributed by atoms with E-state index in [9.17, 15) is 19.1 Å². The Labute approximate surface area is 141 Å². The fraction of sp³-hybridized carbons (Fsp3) is 0.0556. The first-order valence-electron chi connectivity index (χ1n) is 7.41. The van der Waals surface area contributed by atoms with Gasteiger partial charge in [-0.2, -0.15) is 0 Å². The summed E-state index contributed by atoms with van der Waals surface area (Å²) in [5.41, 5.74) is 1.28. The first kappa shape index (κ1) is 16.4. The Hall–Kier alpha value is -3.48. The average Bonchev–Trinajstić information content (AvgIpc) is 2.88. The van der Waals surface area contributed by atoms with Crippen molar-refractivity contribution in [3.05, 3.63) is 81.5 Å². The lowest BCUT2D eigenvalue weighted by Crippen LogP contribution is -2.17. The molecule has 7 heteroatoms. The van der Waals surface area contributed by atoms with E-state index in [2.05, 4.69) is 10.1 Å². The first-order valence-corrected chi connectivity index (χ1v) is 7.41. The molecule has 0 spiro atoms. The van der Waals surface area contributed by atoms with Gasteiger partial charge in [0.25, 0.3) is 5.56 Å². The summed E-state index contributed by atoms with van der Waals surface area (Å²) in [5, 5.41) is 12.1. The molecule has 1 aromatic heterocycles. The molecule has 3 aromatic rings. The number of carbonyl (C=O) groups is 1. The molecule has 0 saturated carbocycles. The Kier molecular flexibility index (Phi) is 4.30. The highest BCUT2D eigenvalue weighted by Crippen LogP contribution is 2.18. The molecule has 25 heavy (non-hydrogen) atoms. The van der Waals surface area contributed by atoms with E-state index < -0.39 is 11.8 Å². The van der Waals surface area contributed by atoms with Gasteiger partial charge in [0.15, 0.2) is 0 Å². The zero-order valence-electron chi connectivity index (χ0n) is 13.2. The van der Waals surface area contributed by atoms with Gasteiger partial charge in [-0.25, -0.2) is 13.9 Å². The Bertz CT molecular complexity index is 1020. The fourth-order valence-electron chi connectivity index (χ4n) is 2.38. The van der Waals surface area contributed by atoms with Crippen molar-refractivity contribution in [2.45, 2.75) is 6.92 Å². The molecule has 2 N–H and O–H groups in total. The predicted molar refractivity (Wildman–Crippen MR) is 91.7 cm³/mol. The van der Waals surface area contributed by atoms with Gasteiger partial charge in [0, 0.05) is 11.9 Å². The number of carboxylic acids is 1. The molecular weight excluding hydrogens is 325 g/mol. The van der Waals surface area contributed by atoms with Gasteiger partial charge in [-0.3, -0.25) is 14.9 Å². The van der Waals surface area contributed by atoms with Crippen LogP contribution < -0.4 is 5.56 Å². The Balaban J connectivity index is 2.01. The molecule has 0 bridgehead atoms. The SMILES string of the molecule is Cc1[nH]n(-c2ccc(F)cc2)c(=O)c1C=Nc1ccccc1C(=O)O. The number of hydrogen-bond acceptors (Lipinski definition) is 3. The molecule has 0 saturated heterocycles. The van der Waals surface area contributed by atoms with E-state index in [0.29, 0.717) is 16.9 Å². The van der Waals surface area contributed by atoms with Gasteiger partial charge < -0.3 is 5.11 Å². The van der Waals surface area contributed by atoms with Crippen molar-refractivity contribution in [2.75, 3.05) is 0 Å². The Morgan fingerprint density at radius 3 is 2.56 bits per heavy atom. The number of benzene rings is 2. The van der Waals surface area contributed by atoms with Gasteiger partial charge in [0.2, 0.25) is 0 Å². The summed E-state index contributed by atoms with van der Waals surface area (Å²) in [6.45, 7) is 1.70. The van der Waals surface area contributed by atoms with Crippen LogP contribution in [-0.2, 0) is 0 Å². The minimum atomic E-state index is -1.10. The number of rotatable bonds is 4. The maximum absolute atomic E-state index is 13.0. The van der Waals surface area contributed by atoms with Crippen LogP contribution in [0.2, 0.25) is 0 Å². The zero-order valence-corrected chi connectivity index (χ0v) is 13.2. The summed E-state index contributed by atoms with van der Waals surface area (Å²) in [6, 6.07) is 11.7. The minimum absolute atomic E-state index is 0.0470. The molecule has 0 aliphatic carbocycles. The van der Waals surface area contributed by atoms with Gasteiger partial charge in [0.1, 0.15) is 5.82 Å². The van der Waals surface area contributed by atoms with Gasteiger partial charge in [-0.05, 0) is 43.3 Å². The third kappa shape index (κ3) is 3.25. The molecular formula is C18H14FN3O3. The van der Waals surface area contributed by atoms with Crippen molar-refractivity contribution >= 4 is 17.9 Å². The smallest absolute Gasteiger partial charge is 0.337 e. The summed E-state index contributed by atoms with van der Waals surface area (Å²) in [6.07, 6.45) is 1.33. The van der Waals surface area contributed by atoms with Crippen molar-refractivity contribution in [1.29, 1.82) is 0 Å². The van der Waals surface area contributed by atoms with Crippen LogP contribution in [0.4, 0.5) is 10.1 Å². The third-order valence-electron chi connectivity index (χ3n) is 3.67. The van der Waals surface area contributed by atoms with Crippen LogP contribution in [0, 0.1) is 12.7 Å². The third-order valence-corrected chi connectivity index (χ3v) is 3.67. The number of aromatic amines is 1. The van der Waals surface area contributed by atoms with Crippen LogP contribution in [-0.4, -0.2) is 27.1 Å². The van der Waals surface area contributed by atoms with Gasteiger partial charge in [0.05, 0.1) is 22.5 Å². The molecule has 3 rings (SSSR count). The van der Waals surface area contributed by atoms with E-state index in [1.807, 2.05) is 0 Å². The van der Waals surface area contributed by atoms with E-state index in [4.69, 9.17) is 0 Å². The maximum Gasteiger partial charge on any atom is 0.337 e. The molecule has 1 heterocycles. The summed E-state index contributed by atoms with van der Waals surface area (Å²) >= 11 is 0. The lowest BCUT2D eigenvalue weighted by molar-refractivity contribution is 0.0698. The second-order valence-electron chi connectivity index (χ2n) is 5.35. The van der Waals surface area contributed by atoms with Crippen LogP contribution >= 0.6 is 0 Å². The molecule has 126 valence electrons. The van der Waals surface area contributed by atoms with Crippen molar-refractivity contribution in [3.8, 4) is 5.69 Å². The number of aromatic nitrogens is 2. The second-order valence-corrected chi connectivity index (χ2v) is 5.35. The van der Waals surface area contributed by atoms with Crippen LogP contribution in [0.1, 0.15) is 21.6 Å². The van der Waals surface area contributed by atoms with Crippen LogP contribution in [0.15, 0.2) is 58.3 Å². The number of aryl methyl sites for hydroxylation is 1. The average molecular weight is 339 g/mol. The molecule has 0 radical (unpaired) electrons. The fourth-order valence-corrected chi connectivity index (χ4v) is 2.38. The monoisotopic (exact) mass is 339 g/mol. The second kappa shape index (κ2) is 6.56. The number of nitrogens with one attached hydrogen (secondary N) is 1. The number of hydrogen-bond donors (Lipinski definition) is 2. The number of aliphatic imine (C=N–C) groups is 1. The van der Waals surface area contributed by atoms with Crippen LogP contribution in [0.3, 0.4) is 0 Å². The number of H-pyrrole nitrogens is 1. The topological polar surface area (TPSA) is 87.5 Å². The normalized spacial score (nSPS) is 11.1. The Morgan fingerprint density at radius 2 is 1.88 bits per heavy atom. The molecule has 0 unspecified atom stereocenters. The van der Waals surface area contributed by atoms with E-state index in [1.165, 1.54) is 41.2 Å². The summed E-state index contributed by atoms with van der Waals surface area (Å²) in [7, 11) is 0. The summed E-state index contributed by atoms with van der Waals surface area (Å²) in [5.74, 6) is -1.49. The van der Waals surface area contributed by atoms with Crippen molar-refractivity contribution in [2.24, 2.45) is 4.99 Å². The summed E-state index contributed by atoms with van der Waals surface area (Å²) < 4.78 is 14.3. The van der Waals surface area contributed by atoms with E-state index in [0.717, 1.165) is 0 Å². The number of halogens is 1. The highest BCUT2D eigenvalue weighted by Gasteiger charge is 2.12. The number of carboxylic acid groups (broad SMARTS) is 1. The van der Waals surface area contributed by atoms with E-state index in [-0.39, 0.29) is 16.8 Å². The molecule has 0 aliphatic rings. The van der Waals surface area contributed by atoms with Gasteiger partial charge in [-0.1, -0.05) is 12.1 Å². The molecule has 6 nitrogen and oxygen atoms in total. The lowest BCUT2D eigenvalue weighted by Gasteiger charge is -2.00. The van der Waals surface area contributed by atoms with Crippen LogP contribution in [0.25, 0.3) is 5.69 Å². The van der Waals surface area contributed by atoms with Crippen LogP contribution in [0.5, 0.6) is 0 Å². The van der Waals surface area contributed by atoms with E-state index in [1.54, 1.807) is 25.1 Å². The minimum Gasteiger partial charge on any atom is -0.478 e. The van der Waals surface area contributed by atoms with Crippen molar-refractivity contribution in [3.63, 3.8) is 0 Å². The number of aromatic carboxylic acids is 1.